The van der Waals surface area contributed by atoms with Crippen molar-refractivity contribution in [3.63, 3.8) is 0 Å². The third-order valence-electron chi connectivity index (χ3n) is 3.80. The van der Waals surface area contributed by atoms with E-state index in [0.29, 0.717) is 11.3 Å². The second-order valence-electron chi connectivity index (χ2n) is 5.70. The van der Waals surface area contributed by atoms with Crippen molar-refractivity contribution in [1.82, 2.24) is 25.1 Å². The van der Waals surface area contributed by atoms with E-state index in [0.717, 1.165) is 28.2 Å². The number of carbonyl (C=O) groups is 1. The van der Waals surface area contributed by atoms with Crippen LogP contribution in [0, 0.1) is 6.92 Å². The summed E-state index contributed by atoms with van der Waals surface area (Å²) in [5.74, 6) is 0.729. The van der Waals surface area contributed by atoms with Gasteiger partial charge in [-0.05, 0) is 24.6 Å². The predicted molar refractivity (Wildman–Crippen MR) is 90.7 cm³/mol. The fourth-order valence-electron chi connectivity index (χ4n) is 2.61. The van der Waals surface area contributed by atoms with Gasteiger partial charge in [0.05, 0.1) is 5.52 Å². The number of H-pyrrole nitrogens is 2. The van der Waals surface area contributed by atoms with E-state index >= 15 is 0 Å². The molecule has 24 heavy (non-hydrogen) atoms. The Morgan fingerprint density at radius 1 is 1.17 bits per heavy atom. The van der Waals surface area contributed by atoms with Crippen molar-refractivity contribution < 1.29 is 4.79 Å². The topological polar surface area (TPSA) is 87.3 Å². The number of hydrogen-bond acceptors (Lipinski definition) is 4. The van der Waals surface area contributed by atoms with Crippen molar-refractivity contribution in [2.75, 3.05) is 0 Å². The minimum Gasteiger partial charge on any atom is -0.337 e. The molecule has 3 heterocycles. The van der Waals surface area contributed by atoms with E-state index in [2.05, 4.69) is 25.1 Å². The summed E-state index contributed by atoms with van der Waals surface area (Å²) in [4.78, 5) is 24.4. The number of pyridine rings is 1. The molecule has 0 unspecified atom stereocenters. The monoisotopic (exact) mass is 317 g/mol. The van der Waals surface area contributed by atoms with Gasteiger partial charge in [0.1, 0.15) is 11.5 Å². The van der Waals surface area contributed by atoms with Crippen molar-refractivity contribution in [2.24, 2.45) is 0 Å². The number of aromatic nitrogens is 5. The number of rotatable bonds is 4. The van der Waals surface area contributed by atoms with Crippen molar-refractivity contribution in [3.05, 3.63) is 65.6 Å². The molecule has 0 bridgehead atoms. The van der Waals surface area contributed by atoms with Gasteiger partial charge < -0.3 is 4.98 Å². The smallest absolute Gasteiger partial charge is 0.187 e. The zero-order valence-corrected chi connectivity index (χ0v) is 13.1. The molecular weight excluding hydrogens is 302 g/mol. The van der Waals surface area contributed by atoms with Gasteiger partial charge in [-0.25, -0.2) is 9.97 Å². The van der Waals surface area contributed by atoms with Gasteiger partial charge in [-0.2, -0.15) is 5.10 Å². The molecule has 0 aliphatic rings. The Bertz CT molecular complexity index is 1020. The van der Waals surface area contributed by atoms with Crippen LogP contribution < -0.4 is 0 Å². The average Bonchev–Trinajstić information content (AvgIpc) is 3.21. The highest BCUT2D eigenvalue weighted by Crippen LogP contribution is 2.20. The molecule has 4 aromatic rings. The molecule has 1 aromatic carbocycles. The molecule has 0 saturated carbocycles. The van der Waals surface area contributed by atoms with E-state index in [1.165, 1.54) is 0 Å². The summed E-state index contributed by atoms with van der Waals surface area (Å²) in [6.45, 7) is 1.87. The van der Waals surface area contributed by atoms with E-state index in [9.17, 15) is 4.79 Å². The quantitative estimate of drug-likeness (QED) is 0.566. The third kappa shape index (κ3) is 2.69. The van der Waals surface area contributed by atoms with Crippen molar-refractivity contribution in [3.8, 4) is 11.4 Å². The highest BCUT2D eigenvalue weighted by atomic mass is 16.1. The lowest BCUT2D eigenvalue weighted by molar-refractivity contribution is 0.0988. The number of ketones is 1. The first-order chi connectivity index (χ1) is 11.7. The number of fused-ring (bicyclic) bond motifs is 1. The summed E-state index contributed by atoms with van der Waals surface area (Å²) in [7, 11) is 0. The standard InChI is InChI=1S/C18H15N5O/c1-11-7-14(23-22-11)16(24)9-12-8-15-18(19-10-12)21-17(20-15)13-5-3-2-4-6-13/h2-8,10H,9H2,1H3,(H,22,23)(H,19,20,21). The average molecular weight is 317 g/mol. The van der Waals surface area contributed by atoms with Gasteiger partial charge in [0.25, 0.3) is 0 Å². The number of benzene rings is 1. The fourth-order valence-corrected chi connectivity index (χ4v) is 2.61. The minimum absolute atomic E-state index is 0.0386. The van der Waals surface area contributed by atoms with Crippen LogP contribution in [0.15, 0.2) is 48.7 Å². The van der Waals surface area contributed by atoms with Crippen LogP contribution in [-0.4, -0.2) is 30.9 Å². The maximum Gasteiger partial charge on any atom is 0.187 e. The Morgan fingerprint density at radius 2 is 2.00 bits per heavy atom. The molecule has 0 atom stereocenters. The maximum absolute atomic E-state index is 12.3. The molecule has 0 spiro atoms. The lowest BCUT2D eigenvalue weighted by Gasteiger charge is -1.98. The van der Waals surface area contributed by atoms with Gasteiger partial charge in [-0.1, -0.05) is 30.3 Å². The van der Waals surface area contributed by atoms with E-state index in [-0.39, 0.29) is 12.2 Å². The Hall–Kier alpha value is -3.28. The number of Topliss-reactive ketones (excluding diaryl/α,β-unsaturated/α-hetero) is 1. The summed E-state index contributed by atoms with van der Waals surface area (Å²) in [5.41, 5.74) is 4.60. The number of imidazole rings is 1. The van der Waals surface area contributed by atoms with Crippen LogP contribution in [0.5, 0.6) is 0 Å². The molecule has 4 rings (SSSR count). The first kappa shape index (κ1) is 14.3. The van der Waals surface area contributed by atoms with Crippen LogP contribution in [0.1, 0.15) is 21.7 Å². The molecule has 0 aliphatic heterocycles. The maximum atomic E-state index is 12.3. The number of carbonyl (C=O) groups excluding carboxylic acids is 1. The number of aryl methyl sites for hydroxylation is 1. The Balaban J connectivity index is 1.62. The van der Waals surface area contributed by atoms with Crippen LogP contribution in [0.25, 0.3) is 22.6 Å². The van der Waals surface area contributed by atoms with Crippen molar-refractivity contribution >= 4 is 16.9 Å². The summed E-state index contributed by atoms with van der Waals surface area (Å²) in [6, 6.07) is 13.5. The van der Waals surface area contributed by atoms with Crippen molar-refractivity contribution in [2.45, 2.75) is 13.3 Å². The molecule has 0 aliphatic carbocycles. The first-order valence-corrected chi connectivity index (χ1v) is 7.64. The molecule has 3 aromatic heterocycles. The van der Waals surface area contributed by atoms with Gasteiger partial charge in [0, 0.05) is 23.9 Å². The molecule has 118 valence electrons. The van der Waals surface area contributed by atoms with Crippen LogP contribution in [0.2, 0.25) is 0 Å². The Labute approximate surface area is 138 Å². The lowest BCUT2D eigenvalue weighted by Crippen LogP contribution is -2.04. The minimum atomic E-state index is -0.0386. The first-order valence-electron chi connectivity index (χ1n) is 7.64. The number of aromatic amines is 2. The summed E-state index contributed by atoms with van der Waals surface area (Å²) < 4.78 is 0. The van der Waals surface area contributed by atoms with Gasteiger partial charge in [-0.3, -0.25) is 9.89 Å². The zero-order chi connectivity index (χ0) is 16.5. The largest absolute Gasteiger partial charge is 0.337 e. The van der Waals surface area contributed by atoms with Gasteiger partial charge in [-0.15, -0.1) is 0 Å². The molecule has 2 N–H and O–H groups in total. The second kappa shape index (κ2) is 5.73. The Morgan fingerprint density at radius 3 is 2.75 bits per heavy atom. The van der Waals surface area contributed by atoms with Crippen LogP contribution >= 0.6 is 0 Å². The summed E-state index contributed by atoms with van der Waals surface area (Å²) in [6.07, 6.45) is 1.95. The van der Waals surface area contributed by atoms with Gasteiger partial charge >= 0.3 is 0 Å². The second-order valence-corrected chi connectivity index (χ2v) is 5.70. The highest BCUT2D eigenvalue weighted by molar-refractivity contribution is 5.96. The molecule has 0 amide bonds. The Kier molecular flexibility index (Phi) is 3.42. The molecule has 6 nitrogen and oxygen atoms in total. The molecule has 6 heteroatoms. The van der Waals surface area contributed by atoms with Gasteiger partial charge in [0.15, 0.2) is 11.4 Å². The SMILES string of the molecule is Cc1cc(C(=O)Cc2cnc3nc(-c4ccccc4)[nH]c3c2)n[nH]1. The summed E-state index contributed by atoms with van der Waals surface area (Å²) in [5, 5.41) is 6.79. The van der Waals surface area contributed by atoms with Crippen LogP contribution in [0.4, 0.5) is 0 Å². The number of hydrogen-bond donors (Lipinski definition) is 2. The normalized spacial score (nSPS) is 11.0. The zero-order valence-electron chi connectivity index (χ0n) is 13.1. The molecule has 0 fully saturated rings. The molecule has 0 saturated heterocycles. The molecule has 0 radical (unpaired) electrons. The third-order valence-corrected chi connectivity index (χ3v) is 3.80. The fraction of sp³-hybridized carbons (Fsp3) is 0.111. The summed E-state index contributed by atoms with van der Waals surface area (Å²) >= 11 is 0. The molecular formula is C18H15N5O. The van der Waals surface area contributed by atoms with E-state index < -0.39 is 0 Å². The van der Waals surface area contributed by atoms with E-state index in [1.54, 1.807) is 12.3 Å². The lowest BCUT2D eigenvalue weighted by atomic mass is 10.1. The van der Waals surface area contributed by atoms with Crippen LogP contribution in [0.3, 0.4) is 0 Å². The van der Waals surface area contributed by atoms with Crippen molar-refractivity contribution in [1.29, 1.82) is 0 Å². The number of nitrogens with one attached hydrogen (secondary N) is 2. The van der Waals surface area contributed by atoms with Gasteiger partial charge in [0.2, 0.25) is 0 Å². The predicted octanol–water partition coefficient (Wildman–Crippen LogP) is 3.08. The highest BCUT2D eigenvalue weighted by Gasteiger charge is 2.12. The van der Waals surface area contributed by atoms with Crippen LogP contribution in [-0.2, 0) is 6.42 Å². The number of nitrogens with zero attached hydrogens (tertiary/aromatic N) is 3. The van der Waals surface area contributed by atoms with E-state index in [1.807, 2.05) is 43.3 Å². The van der Waals surface area contributed by atoms with E-state index in [4.69, 9.17) is 0 Å².